The van der Waals surface area contributed by atoms with Crippen LogP contribution in [-0.2, 0) is 14.3 Å². The van der Waals surface area contributed by atoms with Crippen molar-refractivity contribution in [3.8, 4) is 5.75 Å². The van der Waals surface area contributed by atoms with E-state index in [4.69, 9.17) is 14.2 Å². The summed E-state index contributed by atoms with van der Waals surface area (Å²) >= 11 is 0. The number of fused-ring (bicyclic) bond motifs is 1. The molecule has 2 heterocycles. The highest BCUT2D eigenvalue weighted by atomic mass is 19.2. The van der Waals surface area contributed by atoms with Crippen LogP contribution < -0.4 is 15.5 Å². The first-order chi connectivity index (χ1) is 16.9. The molecule has 0 amide bonds. The van der Waals surface area contributed by atoms with Gasteiger partial charge in [0, 0.05) is 18.8 Å². The van der Waals surface area contributed by atoms with Crippen LogP contribution >= 0.6 is 0 Å². The maximum Gasteiger partial charge on any atom is 0.349 e. The molecule has 1 aromatic carbocycles. The van der Waals surface area contributed by atoms with Crippen LogP contribution in [0.3, 0.4) is 0 Å². The van der Waals surface area contributed by atoms with Crippen LogP contribution in [0.15, 0.2) is 29.2 Å². The number of rotatable bonds is 7. The van der Waals surface area contributed by atoms with E-state index in [0.29, 0.717) is 25.8 Å². The zero-order valence-electron chi connectivity index (χ0n) is 20.8. The van der Waals surface area contributed by atoms with Crippen molar-refractivity contribution in [3.63, 3.8) is 0 Å². The number of hydrogen-bond acceptors (Lipinski definition) is 7. The van der Waals surface area contributed by atoms with E-state index in [0.717, 1.165) is 11.6 Å². The highest BCUT2D eigenvalue weighted by Crippen LogP contribution is 2.41. The molecule has 4 rings (SSSR count). The van der Waals surface area contributed by atoms with E-state index in [-0.39, 0.29) is 29.1 Å². The summed E-state index contributed by atoms with van der Waals surface area (Å²) < 4.78 is 48.1. The first-order valence-electron chi connectivity index (χ1n) is 11.9. The molecule has 0 radical (unpaired) electrons. The summed E-state index contributed by atoms with van der Waals surface area (Å²) in [5, 5.41) is 2.86. The van der Waals surface area contributed by atoms with Gasteiger partial charge in [-0.15, -0.1) is 0 Å². The minimum Gasteiger partial charge on any atom is -0.472 e. The SMILES string of the molecule is C=C1CN[C@@H](C(Oc2c(F)c(F)cc3c(=O)c(C(=O)OCC)cn(C4CC4)c23)C(=O)OC(C)(C)C)C1. The third-order valence-corrected chi connectivity index (χ3v) is 5.97. The Labute approximate surface area is 207 Å². The van der Waals surface area contributed by atoms with E-state index in [1.165, 1.54) is 10.8 Å². The molecule has 0 spiro atoms. The lowest BCUT2D eigenvalue weighted by molar-refractivity contribution is -0.164. The summed E-state index contributed by atoms with van der Waals surface area (Å²) in [4.78, 5) is 38.8. The van der Waals surface area contributed by atoms with E-state index >= 15 is 4.39 Å². The Kier molecular flexibility index (Phi) is 6.92. The van der Waals surface area contributed by atoms with Crippen LogP contribution in [0.2, 0.25) is 0 Å². The smallest absolute Gasteiger partial charge is 0.349 e. The Hall–Kier alpha value is -3.27. The zero-order valence-corrected chi connectivity index (χ0v) is 20.8. The van der Waals surface area contributed by atoms with E-state index in [1.54, 1.807) is 27.7 Å². The molecule has 1 aliphatic carbocycles. The van der Waals surface area contributed by atoms with Crippen molar-refractivity contribution in [2.24, 2.45) is 0 Å². The van der Waals surface area contributed by atoms with Crippen LogP contribution in [0.25, 0.3) is 10.9 Å². The minimum absolute atomic E-state index is 0.0279. The average molecular weight is 505 g/mol. The van der Waals surface area contributed by atoms with Gasteiger partial charge in [-0.25, -0.2) is 14.0 Å². The van der Waals surface area contributed by atoms with Crippen molar-refractivity contribution < 1.29 is 32.6 Å². The lowest BCUT2D eigenvalue weighted by Gasteiger charge is -2.28. The molecule has 194 valence electrons. The van der Waals surface area contributed by atoms with Gasteiger partial charge in [-0.05, 0) is 53.0 Å². The summed E-state index contributed by atoms with van der Waals surface area (Å²) in [6, 6.07) is -0.0117. The summed E-state index contributed by atoms with van der Waals surface area (Å²) in [7, 11) is 0. The van der Waals surface area contributed by atoms with Gasteiger partial charge in [0.1, 0.15) is 11.2 Å². The standard InChI is InChI=1S/C26H30F2N2O6/c1-6-34-24(32)16-12-30(14-7-8-14)20-15(21(16)31)10-17(27)19(28)23(20)35-22(18-9-13(2)11-29-18)25(33)36-26(3,4)5/h10,12,14,18,22,29H,2,6-9,11H2,1,3-5H3/t18-,22?/m1/s1. The van der Waals surface area contributed by atoms with Gasteiger partial charge in [0.05, 0.1) is 23.6 Å². The van der Waals surface area contributed by atoms with Gasteiger partial charge in [0.25, 0.3) is 0 Å². The number of pyridine rings is 1. The van der Waals surface area contributed by atoms with Crippen LogP contribution in [0.5, 0.6) is 5.75 Å². The fraction of sp³-hybridized carbons (Fsp3) is 0.500. The van der Waals surface area contributed by atoms with E-state index in [2.05, 4.69) is 11.9 Å². The fourth-order valence-electron chi connectivity index (χ4n) is 4.26. The van der Waals surface area contributed by atoms with Crippen molar-refractivity contribution in [3.05, 3.63) is 51.8 Å². The molecular formula is C26H30F2N2O6. The second-order valence-corrected chi connectivity index (χ2v) is 10.1. The fourth-order valence-corrected chi connectivity index (χ4v) is 4.26. The number of aromatic nitrogens is 1. The Morgan fingerprint density at radius 1 is 1.28 bits per heavy atom. The molecule has 2 aromatic rings. The predicted molar refractivity (Wildman–Crippen MR) is 128 cm³/mol. The number of carbonyl (C=O) groups excluding carboxylic acids is 2. The topological polar surface area (TPSA) is 95.9 Å². The normalized spacial score (nSPS) is 18.8. The highest BCUT2D eigenvalue weighted by Gasteiger charge is 2.39. The molecule has 2 aliphatic rings. The van der Waals surface area contributed by atoms with Crippen LogP contribution in [0.4, 0.5) is 8.78 Å². The molecule has 1 unspecified atom stereocenters. The number of ether oxygens (including phenoxy) is 3. The molecule has 8 nitrogen and oxygen atoms in total. The molecule has 1 aromatic heterocycles. The quantitative estimate of drug-likeness (QED) is 0.453. The Morgan fingerprint density at radius 2 is 1.97 bits per heavy atom. The number of halogens is 2. The number of hydrogen-bond donors (Lipinski definition) is 1. The molecule has 2 fully saturated rings. The highest BCUT2D eigenvalue weighted by molar-refractivity contribution is 5.95. The first kappa shape index (κ1) is 25.8. The molecule has 36 heavy (non-hydrogen) atoms. The van der Waals surface area contributed by atoms with Gasteiger partial charge < -0.3 is 24.1 Å². The third-order valence-electron chi connectivity index (χ3n) is 5.97. The molecule has 0 bridgehead atoms. The summed E-state index contributed by atoms with van der Waals surface area (Å²) in [6.07, 6.45) is 1.72. The second-order valence-electron chi connectivity index (χ2n) is 10.1. The maximum atomic E-state index is 15.3. The molecule has 1 N–H and O–H groups in total. The third kappa shape index (κ3) is 5.13. The van der Waals surface area contributed by atoms with Crippen molar-refractivity contribution in [1.29, 1.82) is 0 Å². The van der Waals surface area contributed by atoms with Crippen LogP contribution in [-0.4, -0.2) is 47.4 Å². The maximum absolute atomic E-state index is 15.3. The largest absolute Gasteiger partial charge is 0.472 e. The van der Waals surface area contributed by atoms with Crippen LogP contribution in [0, 0.1) is 11.6 Å². The van der Waals surface area contributed by atoms with Gasteiger partial charge in [0.15, 0.2) is 11.6 Å². The number of nitrogens with one attached hydrogen (secondary N) is 1. The van der Waals surface area contributed by atoms with Gasteiger partial charge in [-0.1, -0.05) is 12.2 Å². The Morgan fingerprint density at radius 3 is 2.53 bits per heavy atom. The number of benzene rings is 1. The van der Waals surface area contributed by atoms with E-state index in [9.17, 15) is 18.8 Å². The summed E-state index contributed by atoms with van der Waals surface area (Å²) in [6.45, 7) is 11.0. The van der Waals surface area contributed by atoms with Gasteiger partial charge in [0.2, 0.25) is 17.3 Å². The minimum atomic E-state index is -1.35. The number of carbonyl (C=O) groups is 2. The summed E-state index contributed by atoms with van der Waals surface area (Å²) in [5.41, 5.74) is -1.17. The lowest BCUT2D eigenvalue weighted by Crippen LogP contribution is -2.47. The second kappa shape index (κ2) is 9.65. The Bertz CT molecular complexity index is 1290. The summed E-state index contributed by atoms with van der Waals surface area (Å²) in [5.74, 6) is -4.89. The van der Waals surface area contributed by atoms with Gasteiger partial charge in [-0.3, -0.25) is 4.79 Å². The molecule has 1 saturated heterocycles. The molecule has 2 atom stereocenters. The zero-order chi connectivity index (χ0) is 26.4. The number of nitrogens with zero attached hydrogens (tertiary/aromatic N) is 1. The molecular weight excluding hydrogens is 474 g/mol. The van der Waals surface area contributed by atoms with Crippen molar-refractivity contribution in [2.75, 3.05) is 13.2 Å². The first-order valence-corrected chi connectivity index (χ1v) is 11.9. The van der Waals surface area contributed by atoms with Crippen molar-refractivity contribution in [1.82, 2.24) is 9.88 Å². The lowest BCUT2D eigenvalue weighted by atomic mass is 10.1. The number of esters is 2. The molecule has 10 heteroatoms. The molecule has 1 aliphatic heterocycles. The van der Waals surface area contributed by atoms with Crippen LogP contribution in [0.1, 0.15) is 63.4 Å². The van der Waals surface area contributed by atoms with Gasteiger partial charge in [-0.2, -0.15) is 4.39 Å². The van der Waals surface area contributed by atoms with Gasteiger partial charge >= 0.3 is 11.9 Å². The predicted octanol–water partition coefficient (Wildman–Crippen LogP) is 3.80. The average Bonchev–Trinajstić information content (AvgIpc) is 3.54. The Balaban J connectivity index is 1.90. The molecule has 1 saturated carbocycles. The van der Waals surface area contributed by atoms with Crippen molar-refractivity contribution in [2.45, 2.75) is 70.7 Å². The van der Waals surface area contributed by atoms with E-state index < -0.39 is 52.5 Å². The van der Waals surface area contributed by atoms with Crippen molar-refractivity contribution >= 4 is 22.8 Å². The van der Waals surface area contributed by atoms with E-state index in [1.807, 2.05) is 0 Å². The monoisotopic (exact) mass is 504 g/mol.